The lowest BCUT2D eigenvalue weighted by molar-refractivity contribution is 0.0687. The van der Waals surface area contributed by atoms with Gasteiger partial charge < -0.3 is 5.11 Å². The lowest BCUT2D eigenvalue weighted by atomic mass is 10.2. The molecule has 0 amide bonds. The Morgan fingerprint density at radius 1 is 1.42 bits per heavy atom. The van der Waals surface area contributed by atoms with Crippen LogP contribution >= 0.6 is 38.9 Å². The van der Waals surface area contributed by atoms with Crippen LogP contribution in [0.3, 0.4) is 0 Å². The van der Waals surface area contributed by atoms with Gasteiger partial charge in [-0.25, -0.2) is 9.78 Å². The van der Waals surface area contributed by atoms with E-state index in [0.29, 0.717) is 20.1 Å². The Kier molecular flexibility index (Phi) is 4.03. The fraction of sp³-hybridized carbons (Fsp3) is 0.0833. The molecule has 1 aromatic heterocycles. The molecule has 0 spiro atoms. The molecule has 4 nitrogen and oxygen atoms in total. The summed E-state index contributed by atoms with van der Waals surface area (Å²) in [4.78, 5) is 26.6. The smallest absolute Gasteiger partial charge is 0.356 e. The van der Waals surface area contributed by atoms with Crippen molar-refractivity contribution < 1.29 is 14.7 Å². The molecule has 0 saturated heterocycles. The van der Waals surface area contributed by atoms with Gasteiger partial charge in [-0.3, -0.25) is 4.79 Å². The van der Waals surface area contributed by atoms with E-state index in [9.17, 15) is 9.59 Å². The van der Waals surface area contributed by atoms with Crippen molar-refractivity contribution >= 4 is 50.6 Å². The molecule has 0 aliphatic carbocycles. The predicted octanol–water partition coefficient (Wildman–Crippen LogP) is 4.13. The number of carbonyl (C=O) groups excluding carboxylic acids is 1. The monoisotopic (exact) mass is 359 g/mol. The largest absolute Gasteiger partial charge is 0.476 e. The number of nitrogens with zero attached hydrogens (tertiary/aromatic N) is 1. The van der Waals surface area contributed by atoms with E-state index in [2.05, 4.69) is 20.9 Å². The Labute approximate surface area is 126 Å². The minimum atomic E-state index is -1.21. The first-order valence-corrected chi connectivity index (χ1v) is 7.09. The van der Waals surface area contributed by atoms with Crippen molar-refractivity contribution in [2.75, 3.05) is 0 Å². The highest BCUT2D eigenvalue weighted by molar-refractivity contribution is 9.10. The molecule has 0 unspecified atom stereocenters. The Bertz CT molecular complexity index is 652. The van der Waals surface area contributed by atoms with Crippen LogP contribution < -0.4 is 0 Å². The number of carboxylic acids is 1. The van der Waals surface area contributed by atoms with Gasteiger partial charge in [0.05, 0.1) is 5.02 Å². The van der Waals surface area contributed by atoms with Crippen LogP contribution in [0.4, 0.5) is 0 Å². The van der Waals surface area contributed by atoms with Crippen LogP contribution in [0.15, 0.2) is 22.7 Å². The molecule has 0 saturated carbocycles. The van der Waals surface area contributed by atoms with E-state index in [-0.39, 0.29) is 16.4 Å². The summed E-state index contributed by atoms with van der Waals surface area (Å²) >= 11 is 10.2. The van der Waals surface area contributed by atoms with E-state index in [0.717, 1.165) is 11.3 Å². The summed E-state index contributed by atoms with van der Waals surface area (Å²) in [6.07, 6.45) is 0. The maximum Gasteiger partial charge on any atom is 0.356 e. The van der Waals surface area contributed by atoms with Crippen molar-refractivity contribution in [3.05, 3.63) is 38.3 Å². The van der Waals surface area contributed by atoms with Crippen LogP contribution in [0.1, 0.15) is 27.1 Å². The quantitative estimate of drug-likeness (QED) is 0.836. The average molecular weight is 361 g/mol. The van der Waals surface area contributed by atoms with Crippen molar-refractivity contribution in [3.8, 4) is 10.6 Å². The highest BCUT2D eigenvalue weighted by Gasteiger charge is 2.21. The summed E-state index contributed by atoms with van der Waals surface area (Å²) in [5, 5.41) is 10.1. The zero-order valence-corrected chi connectivity index (χ0v) is 12.8. The Hall–Kier alpha value is -1.24. The molecule has 1 aromatic carbocycles. The van der Waals surface area contributed by atoms with Gasteiger partial charge in [-0.2, -0.15) is 0 Å². The number of thiazole rings is 1. The maximum atomic E-state index is 11.4. The third kappa shape index (κ3) is 2.86. The van der Waals surface area contributed by atoms with Crippen molar-refractivity contribution in [3.63, 3.8) is 0 Å². The van der Waals surface area contributed by atoms with Crippen LogP contribution in [-0.2, 0) is 0 Å². The molecule has 1 N–H and O–H groups in total. The molecule has 0 atom stereocenters. The fourth-order valence-corrected chi connectivity index (χ4v) is 2.90. The summed E-state index contributed by atoms with van der Waals surface area (Å²) in [6, 6.07) is 5.13. The predicted molar refractivity (Wildman–Crippen MR) is 77.2 cm³/mol. The van der Waals surface area contributed by atoms with Gasteiger partial charge in [0.2, 0.25) is 0 Å². The van der Waals surface area contributed by atoms with Crippen LogP contribution in [0.25, 0.3) is 10.6 Å². The standard InChI is InChI=1S/C12H7BrClNO3S/c1-5(16)10-9(12(17)18)15-11(19-10)6-2-3-8(14)7(13)4-6/h2-4H,1H3,(H,17,18). The van der Waals surface area contributed by atoms with Gasteiger partial charge in [-0.15, -0.1) is 11.3 Å². The Balaban J connectivity index is 2.57. The molecule has 0 fully saturated rings. The first kappa shape index (κ1) is 14.2. The highest BCUT2D eigenvalue weighted by Crippen LogP contribution is 2.32. The second-order valence-electron chi connectivity index (χ2n) is 3.69. The lowest BCUT2D eigenvalue weighted by Gasteiger charge is -1.99. The summed E-state index contributed by atoms with van der Waals surface area (Å²) < 4.78 is 0.683. The molecule has 0 aliphatic rings. The SMILES string of the molecule is CC(=O)c1sc(-c2ccc(Cl)c(Br)c2)nc1C(=O)O. The van der Waals surface area contributed by atoms with Gasteiger partial charge in [-0.1, -0.05) is 17.7 Å². The van der Waals surface area contributed by atoms with E-state index in [1.165, 1.54) is 6.92 Å². The first-order chi connectivity index (χ1) is 8.90. The van der Waals surface area contributed by atoms with Crippen molar-refractivity contribution in [2.45, 2.75) is 6.92 Å². The van der Waals surface area contributed by atoms with Crippen LogP contribution in [0, 0.1) is 0 Å². The molecule has 2 rings (SSSR count). The summed E-state index contributed by atoms with van der Waals surface area (Å²) in [6.45, 7) is 1.32. The van der Waals surface area contributed by atoms with E-state index < -0.39 is 5.97 Å². The number of ketones is 1. The molecule has 0 aliphatic heterocycles. The van der Waals surface area contributed by atoms with Gasteiger partial charge in [-0.05, 0) is 28.1 Å². The van der Waals surface area contributed by atoms with Crippen molar-refractivity contribution in [1.29, 1.82) is 0 Å². The van der Waals surface area contributed by atoms with Crippen LogP contribution in [-0.4, -0.2) is 21.8 Å². The zero-order chi connectivity index (χ0) is 14.2. The third-order valence-corrected chi connectivity index (χ3v) is 4.74. The van der Waals surface area contributed by atoms with Gasteiger partial charge in [0.15, 0.2) is 11.5 Å². The third-order valence-electron chi connectivity index (χ3n) is 2.32. The van der Waals surface area contributed by atoms with Crippen molar-refractivity contribution in [2.24, 2.45) is 0 Å². The Morgan fingerprint density at radius 3 is 2.58 bits per heavy atom. The number of benzene rings is 1. The molecule has 7 heteroatoms. The lowest BCUT2D eigenvalue weighted by Crippen LogP contribution is -2.03. The normalized spacial score (nSPS) is 10.5. The second kappa shape index (κ2) is 5.40. The Morgan fingerprint density at radius 2 is 2.11 bits per heavy atom. The van der Waals surface area contributed by atoms with Gasteiger partial charge >= 0.3 is 5.97 Å². The van der Waals surface area contributed by atoms with Crippen LogP contribution in [0.5, 0.6) is 0 Å². The number of aromatic carboxylic acids is 1. The number of carboxylic acid groups (broad SMARTS) is 1. The second-order valence-corrected chi connectivity index (χ2v) is 5.95. The molecule has 98 valence electrons. The van der Waals surface area contributed by atoms with E-state index in [1.807, 2.05) is 0 Å². The molecule has 19 heavy (non-hydrogen) atoms. The van der Waals surface area contributed by atoms with Crippen LogP contribution in [0.2, 0.25) is 5.02 Å². The average Bonchev–Trinajstić information content (AvgIpc) is 2.78. The minimum absolute atomic E-state index is 0.147. The van der Waals surface area contributed by atoms with Gasteiger partial charge in [0, 0.05) is 17.0 Å². The molecular formula is C12H7BrClNO3S. The van der Waals surface area contributed by atoms with E-state index in [1.54, 1.807) is 18.2 Å². The summed E-state index contributed by atoms with van der Waals surface area (Å²) in [5.41, 5.74) is 0.495. The molecular weight excluding hydrogens is 354 g/mol. The highest BCUT2D eigenvalue weighted by atomic mass is 79.9. The fourth-order valence-electron chi connectivity index (χ4n) is 1.46. The number of Topliss-reactive ketones (excluding diaryl/α,β-unsaturated/α-hetero) is 1. The van der Waals surface area contributed by atoms with E-state index >= 15 is 0 Å². The minimum Gasteiger partial charge on any atom is -0.476 e. The van der Waals surface area contributed by atoms with Gasteiger partial charge in [0.1, 0.15) is 9.88 Å². The first-order valence-electron chi connectivity index (χ1n) is 5.10. The summed E-state index contributed by atoms with van der Waals surface area (Å²) in [5.74, 6) is -1.52. The zero-order valence-electron chi connectivity index (χ0n) is 9.61. The van der Waals surface area contributed by atoms with Gasteiger partial charge in [0.25, 0.3) is 0 Å². The molecule has 2 aromatic rings. The summed E-state index contributed by atoms with van der Waals surface area (Å²) in [7, 11) is 0. The van der Waals surface area contributed by atoms with Crippen molar-refractivity contribution in [1.82, 2.24) is 4.98 Å². The number of hydrogen-bond donors (Lipinski definition) is 1. The molecule has 1 heterocycles. The van der Waals surface area contributed by atoms with E-state index in [4.69, 9.17) is 16.7 Å². The number of aromatic nitrogens is 1. The number of halogens is 2. The molecule has 0 bridgehead atoms. The number of rotatable bonds is 3. The number of carbonyl (C=O) groups is 2. The topological polar surface area (TPSA) is 67.3 Å². The number of hydrogen-bond acceptors (Lipinski definition) is 4. The molecule has 0 radical (unpaired) electrons. The maximum absolute atomic E-state index is 11.4.